The summed E-state index contributed by atoms with van der Waals surface area (Å²) in [5.41, 5.74) is 1.31. The molecule has 1 heterocycles. The molecule has 1 aromatic rings. The summed E-state index contributed by atoms with van der Waals surface area (Å²) in [4.78, 5) is 8.86. The second kappa shape index (κ2) is 9.42. The number of hydrogen-bond donors (Lipinski definition) is 1. The molecule has 3 nitrogen and oxygen atoms in total. The molecule has 0 saturated carbocycles. The Labute approximate surface area is 135 Å². The lowest BCUT2D eigenvalue weighted by Gasteiger charge is -2.23. The zero-order chi connectivity index (χ0) is 15.8. The van der Waals surface area contributed by atoms with Crippen LogP contribution in [0.25, 0.3) is 0 Å². The van der Waals surface area contributed by atoms with Crippen molar-refractivity contribution in [3.63, 3.8) is 0 Å². The third-order valence-electron chi connectivity index (χ3n) is 4.21. The van der Waals surface area contributed by atoms with Crippen molar-refractivity contribution in [3.8, 4) is 0 Å². The Morgan fingerprint density at radius 2 is 1.86 bits per heavy atom. The van der Waals surface area contributed by atoms with Crippen LogP contribution in [0.15, 0.2) is 0 Å². The minimum atomic E-state index is 0.547. The van der Waals surface area contributed by atoms with Gasteiger partial charge in [-0.2, -0.15) is 0 Å². The van der Waals surface area contributed by atoms with Crippen molar-refractivity contribution in [2.75, 3.05) is 24.5 Å². The molecule has 1 aromatic heterocycles. The van der Waals surface area contributed by atoms with Crippen molar-refractivity contribution in [2.45, 2.75) is 66.8 Å². The molecule has 0 aromatic carbocycles. The van der Waals surface area contributed by atoms with Crippen LogP contribution < -0.4 is 10.2 Å². The number of aromatic nitrogens is 1. The molecule has 1 rings (SSSR count). The molecular formula is C17H33N3S. The summed E-state index contributed by atoms with van der Waals surface area (Å²) < 4.78 is 0. The monoisotopic (exact) mass is 311 g/mol. The summed E-state index contributed by atoms with van der Waals surface area (Å²) in [7, 11) is 0. The second-order valence-electron chi connectivity index (χ2n) is 5.95. The molecule has 21 heavy (non-hydrogen) atoms. The van der Waals surface area contributed by atoms with Crippen molar-refractivity contribution in [1.29, 1.82) is 0 Å². The molecule has 0 fully saturated rings. The first-order valence-electron chi connectivity index (χ1n) is 8.52. The van der Waals surface area contributed by atoms with E-state index in [2.05, 4.69) is 51.8 Å². The average molecular weight is 312 g/mol. The van der Waals surface area contributed by atoms with Gasteiger partial charge in [0.2, 0.25) is 0 Å². The van der Waals surface area contributed by atoms with Gasteiger partial charge in [0.05, 0.1) is 5.69 Å². The largest absolute Gasteiger partial charge is 0.348 e. The van der Waals surface area contributed by atoms with Gasteiger partial charge in [0.1, 0.15) is 0 Å². The van der Waals surface area contributed by atoms with Crippen molar-refractivity contribution in [2.24, 2.45) is 5.92 Å². The SMILES string of the molecule is CCNCc1sc(N(CC)CC(C)CC)nc1C(C)CC. The van der Waals surface area contributed by atoms with Crippen molar-refractivity contribution in [1.82, 2.24) is 10.3 Å². The molecule has 0 spiro atoms. The predicted molar refractivity (Wildman–Crippen MR) is 95.5 cm³/mol. The zero-order valence-corrected chi connectivity index (χ0v) is 15.5. The Morgan fingerprint density at radius 3 is 2.38 bits per heavy atom. The lowest BCUT2D eigenvalue weighted by atomic mass is 10.0. The van der Waals surface area contributed by atoms with Gasteiger partial charge in [-0.1, -0.05) is 41.0 Å². The van der Waals surface area contributed by atoms with Crippen LogP contribution in [0, 0.1) is 5.92 Å². The van der Waals surface area contributed by atoms with Crippen LogP contribution in [0.4, 0.5) is 5.13 Å². The third-order valence-corrected chi connectivity index (χ3v) is 5.34. The highest BCUT2D eigenvalue weighted by atomic mass is 32.1. The van der Waals surface area contributed by atoms with Gasteiger partial charge in [0, 0.05) is 24.5 Å². The van der Waals surface area contributed by atoms with Gasteiger partial charge >= 0.3 is 0 Å². The minimum Gasteiger partial charge on any atom is -0.348 e. The maximum absolute atomic E-state index is 5.00. The van der Waals surface area contributed by atoms with Crippen molar-refractivity contribution in [3.05, 3.63) is 10.6 Å². The molecule has 0 saturated heterocycles. The van der Waals surface area contributed by atoms with E-state index in [4.69, 9.17) is 4.98 Å². The maximum Gasteiger partial charge on any atom is 0.185 e. The van der Waals surface area contributed by atoms with Crippen molar-refractivity contribution < 1.29 is 0 Å². The highest BCUT2D eigenvalue weighted by Gasteiger charge is 2.19. The topological polar surface area (TPSA) is 28.2 Å². The van der Waals surface area contributed by atoms with Crippen LogP contribution >= 0.6 is 11.3 Å². The third kappa shape index (κ3) is 5.26. The van der Waals surface area contributed by atoms with E-state index in [1.165, 1.54) is 22.1 Å². The fourth-order valence-corrected chi connectivity index (χ4v) is 3.50. The Morgan fingerprint density at radius 1 is 1.14 bits per heavy atom. The molecule has 0 bridgehead atoms. The fraction of sp³-hybridized carbons (Fsp3) is 0.824. The average Bonchev–Trinajstić information content (AvgIpc) is 2.93. The molecule has 122 valence electrons. The van der Waals surface area contributed by atoms with Gasteiger partial charge in [0.15, 0.2) is 5.13 Å². The number of hydrogen-bond acceptors (Lipinski definition) is 4. The first-order chi connectivity index (χ1) is 10.1. The summed E-state index contributed by atoms with van der Waals surface area (Å²) in [6.07, 6.45) is 2.38. The number of anilines is 1. The van der Waals surface area contributed by atoms with Gasteiger partial charge in [-0.15, -0.1) is 11.3 Å². The summed E-state index contributed by atoms with van der Waals surface area (Å²) in [6.45, 7) is 17.6. The quantitative estimate of drug-likeness (QED) is 0.682. The van der Waals surface area contributed by atoms with Crippen LogP contribution in [-0.4, -0.2) is 24.6 Å². The fourth-order valence-electron chi connectivity index (χ4n) is 2.28. The number of rotatable bonds is 10. The summed E-state index contributed by atoms with van der Waals surface area (Å²) in [5, 5.41) is 4.67. The standard InChI is InChI=1S/C17H33N3S/c1-7-13(5)12-20(10-4)17-19-16(14(6)8-2)15(21-17)11-18-9-3/h13-14,18H,7-12H2,1-6H3. The van der Waals surface area contributed by atoms with Gasteiger partial charge in [-0.05, 0) is 31.7 Å². The number of thiazole rings is 1. The second-order valence-corrected chi connectivity index (χ2v) is 7.01. The molecule has 0 amide bonds. The Kier molecular flexibility index (Phi) is 8.27. The van der Waals surface area contributed by atoms with Gasteiger partial charge < -0.3 is 10.2 Å². The highest BCUT2D eigenvalue weighted by molar-refractivity contribution is 7.15. The Hall–Kier alpha value is -0.610. The van der Waals surface area contributed by atoms with E-state index in [-0.39, 0.29) is 0 Å². The van der Waals surface area contributed by atoms with E-state index in [0.717, 1.165) is 38.5 Å². The summed E-state index contributed by atoms with van der Waals surface area (Å²) in [5.74, 6) is 1.27. The lowest BCUT2D eigenvalue weighted by Crippen LogP contribution is -2.27. The first-order valence-corrected chi connectivity index (χ1v) is 9.34. The van der Waals surface area contributed by atoms with Gasteiger partial charge in [-0.3, -0.25) is 0 Å². The first kappa shape index (κ1) is 18.4. The van der Waals surface area contributed by atoms with E-state index < -0.39 is 0 Å². The molecule has 0 aliphatic carbocycles. The Balaban J connectivity index is 2.97. The minimum absolute atomic E-state index is 0.547. The van der Waals surface area contributed by atoms with E-state index in [1.807, 2.05) is 11.3 Å². The number of nitrogens with zero attached hydrogens (tertiary/aromatic N) is 2. The lowest BCUT2D eigenvalue weighted by molar-refractivity contribution is 0.547. The molecule has 0 aliphatic rings. The summed E-state index contributed by atoms with van der Waals surface area (Å²) in [6, 6.07) is 0. The highest BCUT2D eigenvalue weighted by Crippen LogP contribution is 2.32. The Bertz CT molecular complexity index is 403. The van der Waals surface area contributed by atoms with Crippen molar-refractivity contribution >= 4 is 16.5 Å². The smallest absolute Gasteiger partial charge is 0.185 e. The van der Waals surface area contributed by atoms with Crippen LogP contribution in [0.1, 0.15) is 70.9 Å². The molecule has 2 atom stereocenters. The van der Waals surface area contributed by atoms with Crippen LogP contribution in [-0.2, 0) is 6.54 Å². The molecule has 0 radical (unpaired) electrons. The van der Waals surface area contributed by atoms with E-state index >= 15 is 0 Å². The molecular weight excluding hydrogens is 278 g/mol. The van der Waals surface area contributed by atoms with E-state index in [9.17, 15) is 0 Å². The van der Waals surface area contributed by atoms with Gasteiger partial charge in [-0.25, -0.2) is 4.98 Å². The molecule has 2 unspecified atom stereocenters. The van der Waals surface area contributed by atoms with Gasteiger partial charge in [0.25, 0.3) is 0 Å². The normalized spacial score (nSPS) is 14.2. The van der Waals surface area contributed by atoms with E-state index in [1.54, 1.807) is 0 Å². The van der Waals surface area contributed by atoms with E-state index in [0.29, 0.717) is 5.92 Å². The molecule has 0 aliphatic heterocycles. The maximum atomic E-state index is 5.00. The van der Waals surface area contributed by atoms with Crippen LogP contribution in [0.2, 0.25) is 0 Å². The zero-order valence-electron chi connectivity index (χ0n) is 14.7. The van der Waals surface area contributed by atoms with Crippen LogP contribution in [0.5, 0.6) is 0 Å². The molecule has 1 N–H and O–H groups in total. The van der Waals surface area contributed by atoms with Crippen LogP contribution in [0.3, 0.4) is 0 Å². The molecule has 4 heteroatoms. The number of nitrogens with one attached hydrogen (secondary N) is 1. The predicted octanol–water partition coefficient (Wildman–Crippen LogP) is 4.64. The summed E-state index contributed by atoms with van der Waals surface area (Å²) >= 11 is 1.88.